The average Bonchev–Trinajstić information content (AvgIpc) is 0.738. The number of likely N-dealkylation sites (N-methyl/N-ethyl adjacent to an activating group) is 1. The third-order valence-electron chi connectivity index (χ3n) is 21.6. The topological polar surface area (TPSA) is 522 Å². The van der Waals surface area contributed by atoms with E-state index in [-0.39, 0.29) is 108 Å². The fraction of sp³-hybridized carbons (Fsp3) is 0.526. The lowest BCUT2D eigenvalue weighted by molar-refractivity contribution is -0.136. The van der Waals surface area contributed by atoms with E-state index in [1.807, 2.05) is 62.4 Å². The molecule has 6 aromatic rings. The quantitative estimate of drug-likeness (QED) is 0.0105. The van der Waals surface area contributed by atoms with Crippen molar-refractivity contribution in [3.63, 3.8) is 0 Å². The Morgan fingerprint density at radius 3 is 0.955 bits per heavy atom. The van der Waals surface area contributed by atoms with Gasteiger partial charge in [-0.3, -0.25) is 67.1 Å². The van der Waals surface area contributed by atoms with Gasteiger partial charge in [0.1, 0.15) is 103 Å². The van der Waals surface area contributed by atoms with Crippen molar-refractivity contribution >= 4 is 156 Å². The first kappa shape index (κ1) is 110. The minimum absolute atomic E-state index is 0.00775. The Bertz CT molecular complexity index is 5090. The molecule has 17 N–H and O–H groups in total. The molecule has 0 aromatic heterocycles. The number of rotatable bonds is 50. The normalized spacial score (nSPS) is 14.5. The fourth-order valence-electron chi connectivity index (χ4n) is 14.2. The summed E-state index contributed by atoms with van der Waals surface area (Å²) in [7, 11) is 1.40. The van der Waals surface area contributed by atoms with E-state index in [9.17, 15) is 76.7 Å². The zero-order valence-corrected chi connectivity index (χ0v) is 81.0. The number of nitrogens with one attached hydrogen (secondary N) is 17. The average molecular weight is 1900 g/mol. The maximum atomic E-state index is 15.0. The van der Waals surface area contributed by atoms with Crippen LogP contribution >= 0.6 is 23.2 Å². The van der Waals surface area contributed by atoms with E-state index >= 15 is 4.79 Å². The van der Waals surface area contributed by atoms with Gasteiger partial charge in [-0.05, 0) is 202 Å². The summed E-state index contributed by atoms with van der Waals surface area (Å²) in [6.07, 6.45) is -1.58. The summed E-state index contributed by atoms with van der Waals surface area (Å²) >= 11 is 12.5. The molecule has 0 fully saturated rings. The van der Waals surface area contributed by atoms with E-state index in [2.05, 4.69) is 90.4 Å². The molecule has 134 heavy (non-hydrogen) atoms. The largest absolute Gasteiger partial charge is 0.445 e. The molecule has 37 nitrogen and oxygen atoms in total. The van der Waals surface area contributed by atoms with Crippen LogP contribution in [0, 0.1) is 17.8 Å². The molecule has 6 rings (SSSR count). The van der Waals surface area contributed by atoms with Crippen molar-refractivity contribution in [2.45, 2.75) is 285 Å². The molecule has 39 heteroatoms. The second-order valence-corrected chi connectivity index (χ2v) is 36.6. The van der Waals surface area contributed by atoms with Crippen molar-refractivity contribution in [3.8, 4) is 0 Å². The molecule has 0 aliphatic carbocycles. The Labute approximate surface area is 791 Å². The molecule has 14 atom stereocenters. The second kappa shape index (κ2) is 53.3. The van der Waals surface area contributed by atoms with Crippen molar-refractivity contribution in [2.75, 3.05) is 20.1 Å². The fourth-order valence-corrected chi connectivity index (χ4v) is 14.6. The predicted octanol–water partition coefficient (Wildman–Crippen LogP) is 6.87. The lowest BCUT2D eigenvalue weighted by Gasteiger charge is -2.27. The Balaban J connectivity index is 1.17. The number of ether oxygens (including phenoxy) is 3. The van der Waals surface area contributed by atoms with Crippen LogP contribution in [0.1, 0.15) is 192 Å². The minimum Gasteiger partial charge on any atom is -0.445 e. The van der Waals surface area contributed by atoms with Gasteiger partial charge in [0.15, 0.2) is 0 Å². The number of hydrogen-bond donors (Lipinski definition) is 17. The van der Waals surface area contributed by atoms with Crippen LogP contribution in [0.4, 0.5) is 14.4 Å². The van der Waals surface area contributed by atoms with Crippen molar-refractivity contribution < 1.29 is 95.7 Å². The number of unbranched alkanes of at least 4 members (excludes halogenated alkanes) is 2. The van der Waals surface area contributed by atoms with Gasteiger partial charge in [0.25, 0.3) is 0 Å². The van der Waals surface area contributed by atoms with Gasteiger partial charge in [-0.2, -0.15) is 0 Å². The number of benzene rings is 6. The van der Waals surface area contributed by atoms with Gasteiger partial charge in [0, 0.05) is 47.7 Å². The first-order valence-corrected chi connectivity index (χ1v) is 46.0. The molecule has 0 unspecified atom stereocenters. The van der Waals surface area contributed by atoms with Crippen molar-refractivity contribution in [3.05, 3.63) is 130 Å². The number of hydrogen-bond acceptors (Lipinski definition) is 20. The van der Waals surface area contributed by atoms with Crippen LogP contribution in [-0.2, 0) is 101 Å². The summed E-state index contributed by atoms with van der Waals surface area (Å²) in [5.74, 6) is -11.7. The molecule has 0 heterocycles. The van der Waals surface area contributed by atoms with Crippen LogP contribution in [0.3, 0.4) is 0 Å². The van der Waals surface area contributed by atoms with Crippen LogP contribution in [0.15, 0.2) is 103 Å². The minimum atomic E-state index is -1.50. The predicted molar refractivity (Wildman–Crippen MR) is 507 cm³/mol. The molecule has 0 radical (unpaired) electrons. The highest BCUT2D eigenvalue weighted by Gasteiger charge is 2.37. The van der Waals surface area contributed by atoms with Gasteiger partial charge < -0.3 is 105 Å². The van der Waals surface area contributed by atoms with Crippen LogP contribution in [0.5, 0.6) is 0 Å². The molecule has 0 aliphatic heterocycles. The third-order valence-corrected chi connectivity index (χ3v) is 22.3. The smallest absolute Gasteiger partial charge is 0.408 e. The van der Waals surface area contributed by atoms with E-state index in [0.717, 1.165) is 32.3 Å². The summed E-state index contributed by atoms with van der Waals surface area (Å²) < 4.78 is 15.9. The molecule has 6 aromatic carbocycles. The summed E-state index contributed by atoms with van der Waals surface area (Å²) in [4.78, 5) is 235. The highest BCUT2D eigenvalue weighted by atomic mass is 35.5. The standard InChI is InChI=1S/C95H133Cl2N17O20/c1-50(2)44-72(88(125)102-53(7)78(115)98-18)112-83(120)58(12)103-86(123)70(34-23-25-42-99-92(129)132-48-65-28-19-21-32-68(65)96)109-80(117)56(10)106-89(126)73(45-51(3)4)111-82(119)55(9)101-79(116)54(8)105-91(128)75(47-64-39-38-63-37-36-61-30-27-31-62-40-41-67(64)77(63)76(61)62)114-84(121)59(13)104-87(124)71(35-24-26-43-100-93(130)133-49-66-29-20-22-33-69(66)97)110-81(118)57(11)107-90(127)74(46-52(5)6)113-85(122)60(14)108-94(131)134-95(15,16)17/h19-22,27-33,36-41,50-60,70-75H,23-26,34-35,42-49H2,1-18H3,(H,98,115)(H,99,129)(H,100,130)(H,101,116)(H,102,125)(H,103,123)(H,104,124)(H,105,128)(H,106,126)(H,107,127)(H,108,131)(H,109,117)(H,110,118)(H,111,119)(H,112,120)(H,113,122)(H,114,121)/t53-,54-,55-,56-,57-,58-,59-,60-,70-,71-,72-,73-,74-,75-/m0/s1. The first-order valence-electron chi connectivity index (χ1n) is 45.2. The molecule has 0 spiro atoms. The maximum absolute atomic E-state index is 15.0. The second-order valence-electron chi connectivity index (χ2n) is 35.8. The zero-order chi connectivity index (χ0) is 99.5. The van der Waals surface area contributed by atoms with E-state index in [1.165, 1.54) is 62.4 Å². The summed E-state index contributed by atoms with van der Waals surface area (Å²) in [6.45, 7) is 26.5. The van der Waals surface area contributed by atoms with Crippen LogP contribution in [0.25, 0.3) is 32.3 Å². The monoisotopic (exact) mass is 1900 g/mol. The van der Waals surface area contributed by atoms with Crippen molar-refractivity contribution in [2.24, 2.45) is 17.8 Å². The van der Waals surface area contributed by atoms with Gasteiger partial charge in [0.2, 0.25) is 82.7 Å². The number of amides is 17. The molecule has 732 valence electrons. The molecular weight excluding hydrogens is 1770 g/mol. The third kappa shape index (κ3) is 36.0. The van der Waals surface area contributed by atoms with E-state index < -0.39 is 191 Å². The van der Waals surface area contributed by atoms with Crippen LogP contribution in [-0.4, -0.2) is 211 Å². The SMILES string of the molecule is CNC(=O)[C@H](C)NC(=O)[C@H](CC(C)C)NC(=O)[C@H](C)NC(=O)[C@H](CCCCNC(=O)OCc1ccccc1Cl)NC(=O)[C@H](C)NC(=O)[C@H](CC(C)C)NC(=O)[C@H](C)NC(=O)[C@H](C)NC(=O)[C@H](Cc1ccc2ccc3cccc4ccc1c2c34)NC(=O)[C@H](C)NC(=O)[C@H](CCCCNC(=O)OCc1ccccc1Cl)NC(=O)[C@H](C)NC(=O)[C@H](CC(C)C)NC(=O)[C@H](C)NC(=O)OC(C)(C)C. The molecule has 17 amide bonds. The number of carbonyl (C=O) groups is 17. The van der Waals surface area contributed by atoms with E-state index in [4.69, 9.17) is 37.4 Å². The first-order chi connectivity index (χ1) is 63.1. The molecule has 0 saturated heterocycles. The number of alkyl carbamates (subject to hydrolysis) is 3. The van der Waals surface area contributed by atoms with Crippen LogP contribution < -0.4 is 90.4 Å². The summed E-state index contributed by atoms with van der Waals surface area (Å²) in [6, 6.07) is 12.6. The Kier molecular flexibility index (Phi) is 43.8. The molecule has 0 aliphatic rings. The highest BCUT2D eigenvalue weighted by Crippen LogP contribution is 2.37. The Hall–Kier alpha value is -12.7. The van der Waals surface area contributed by atoms with Gasteiger partial charge in [0.05, 0.1) is 0 Å². The molecule has 0 saturated carbocycles. The van der Waals surface area contributed by atoms with Gasteiger partial charge in [-0.25, -0.2) is 14.4 Å². The van der Waals surface area contributed by atoms with Gasteiger partial charge in [-0.15, -0.1) is 0 Å². The van der Waals surface area contributed by atoms with Crippen molar-refractivity contribution in [1.82, 2.24) is 90.4 Å². The summed E-state index contributed by atoms with van der Waals surface area (Å²) in [5.41, 5.74) is 0.868. The Morgan fingerprint density at radius 2 is 0.597 bits per heavy atom. The number of carbonyl (C=O) groups excluding carboxylic acids is 17. The highest BCUT2D eigenvalue weighted by molar-refractivity contribution is 6.31. The van der Waals surface area contributed by atoms with Gasteiger partial charge in [-0.1, -0.05) is 156 Å². The van der Waals surface area contributed by atoms with Gasteiger partial charge >= 0.3 is 18.3 Å². The van der Waals surface area contributed by atoms with E-state index in [0.29, 0.717) is 26.7 Å². The van der Waals surface area contributed by atoms with Crippen LogP contribution in [0.2, 0.25) is 10.0 Å². The molecular formula is C95H133Cl2N17O20. The zero-order valence-electron chi connectivity index (χ0n) is 79.5. The Morgan fingerprint density at radius 1 is 0.299 bits per heavy atom. The summed E-state index contributed by atoms with van der Waals surface area (Å²) in [5, 5.41) is 50.6. The molecule has 0 bridgehead atoms. The number of halogens is 2. The maximum Gasteiger partial charge on any atom is 0.408 e. The van der Waals surface area contributed by atoms with E-state index in [1.54, 1.807) is 103 Å². The lowest BCUT2D eigenvalue weighted by Crippen LogP contribution is -2.60. The van der Waals surface area contributed by atoms with Crippen molar-refractivity contribution in [1.29, 1.82) is 0 Å². The lowest BCUT2D eigenvalue weighted by atomic mass is 9.90.